The average molecular weight is 361 g/mol. The molecular formula is C18H13ClF2N3O. The molecule has 1 fully saturated rings. The van der Waals surface area contributed by atoms with E-state index < -0.39 is 23.3 Å². The predicted octanol–water partition coefficient (Wildman–Crippen LogP) is 4.06. The summed E-state index contributed by atoms with van der Waals surface area (Å²) in [5, 5.41) is 4.62. The van der Waals surface area contributed by atoms with Gasteiger partial charge in [-0.1, -0.05) is 35.9 Å². The molecule has 1 aromatic heterocycles. The molecule has 0 aliphatic carbocycles. The molecule has 4 rings (SSSR count). The highest BCUT2D eigenvalue weighted by Crippen LogP contribution is 2.59. The Morgan fingerprint density at radius 3 is 2.72 bits per heavy atom. The summed E-state index contributed by atoms with van der Waals surface area (Å²) in [4.78, 5) is 3.98. The first-order valence-corrected chi connectivity index (χ1v) is 7.96. The minimum absolute atomic E-state index is 0.185. The fraction of sp³-hybridized carbons (Fsp3) is 0.167. The van der Waals surface area contributed by atoms with Gasteiger partial charge in [0, 0.05) is 29.1 Å². The summed E-state index contributed by atoms with van der Waals surface area (Å²) in [6.07, 6.45) is 0.883. The molecule has 2 unspecified atom stereocenters. The molecule has 1 aliphatic heterocycles. The normalized spacial score (nSPS) is 22.2. The summed E-state index contributed by atoms with van der Waals surface area (Å²) in [6.45, 7) is 3.98. The Bertz CT molecular complexity index is 946. The number of nitrogens with zero attached hydrogens (tertiary/aromatic N) is 3. The maximum atomic E-state index is 14.5. The van der Waals surface area contributed by atoms with E-state index >= 15 is 0 Å². The van der Waals surface area contributed by atoms with E-state index in [9.17, 15) is 8.78 Å². The third-order valence-corrected chi connectivity index (χ3v) is 4.69. The second kappa shape index (κ2) is 5.89. The third-order valence-electron chi connectivity index (χ3n) is 4.35. The Balaban J connectivity index is 1.80. The Hall–Kier alpha value is -2.31. The van der Waals surface area contributed by atoms with Crippen molar-refractivity contribution in [1.82, 2.24) is 14.8 Å². The summed E-state index contributed by atoms with van der Waals surface area (Å²) in [7, 11) is 0. The maximum absolute atomic E-state index is 14.5. The van der Waals surface area contributed by atoms with Crippen LogP contribution in [0.1, 0.15) is 23.1 Å². The molecule has 4 nitrogen and oxygen atoms in total. The molecule has 127 valence electrons. The number of aromatic nitrogens is 3. The zero-order valence-corrected chi connectivity index (χ0v) is 13.8. The van der Waals surface area contributed by atoms with Crippen molar-refractivity contribution in [3.63, 3.8) is 0 Å². The Morgan fingerprint density at radius 1 is 1.24 bits per heavy atom. The first-order chi connectivity index (χ1) is 12.0. The van der Waals surface area contributed by atoms with Gasteiger partial charge in [-0.25, -0.2) is 18.4 Å². The Labute approximate surface area is 148 Å². The van der Waals surface area contributed by atoms with Gasteiger partial charge in [0.1, 0.15) is 35.5 Å². The molecule has 1 radical (unpaired) electrons. The van der Waals surface area contributed by atoms with E-state index in [-0.39, 0.29) is 12.1 Å². The van der Waals surface area contributed by atoms with Crippen molar-refractivity contribution < 1.29 is 13.5 Å². The molecule has 0 amide bonds. The minimum Gasteiger partial charge on any atom is -0.354 e. The summed E-state index contributed by atoms with van der Waals surface area (Å²) < 4.78 is 35.3. The van der Waals surface area contributed by atoms with Gasteiger partial charge >= 0.3 is 0 Å². The van der Waals surface area contributed by atoms with E-state index in [0.717, 1.165) is 11.6 Å². The fourth-order valence-electron chi connectivity index (χ4n) is 3.06. The van der Waals surface area contributed by atoms with E-state index in [0.29, 0.717) is 10.8 Å². The van der Waals surface area contributed by atoms with Crippen LogP contribution in [0.15, 0.2) is 48.8 Å². The topological polar surface area (TPSA) is 43.2 Å². The Kier molecular flexibility index (Phi) is 3.81. The van der Waals surface area contributed by atoms with Gasteiger partial charge in [-0.15, -0.1) is 0 Å². The first kappa shape index (κ1) is 16.2. The van der Waals surface area contributed by atoms with Crippen LogP contribution in [0.25, 0.3) is 0 Å². The van der Waals surface area contributed by atoms with Crippen molar-refractivity contribution in [3.05, 3.63) is 89.3 Å². The highest BCUT2D eigenvalue weighted by atomic mass is 35.5. The molecule has 3 aromatic rings. The number of halogens is 3. The van der Waals surface area contributed by atoms with Crippen molar-refractivity contribution in [1.29, 1.82) is 0 Å². The lowest BCUT2D eigenvalue weighted by Crippen LogP contribution is -2.22. The molecule has 0 saturated carbocycles. The molecule has 0 spiro atoms. The molecular weight excluding hydrogens is 348 g/mol. The molecule has 0 bridgehead atoms. The quantitative estimate of drug-likeness (QED) is 0.659. The van der Waals surface area contributed by atoms with Crippen molar-refractivity contribution in [2.24, 2.45) is 0 Å². The SMILES string of the molecule is [CH2]c1ncnn1CC1(c2ccc(F)cc2F)OC1c1ccccc1Cl. The van der Waals surface area contributed by atoms with Crippen LogP contribution in [0.4, 0.5) is 8.78 Å². The van der Waals surface area contributed by atoms with E-state index in [2.05, 4.69) is 17.0 Å². The molecule has 1 aliphatic rings. The van der Waals surface area contributed by atoms with Crippen molar-refractivity contribution in [3.8, 4) is 0 Å². The monoisotopic (exact) mass is 360 g/mol. The van der Waals surface area contributed by atoms with Crippen LogP contribution in [-0.2, 0) is 16.9 Å². The van der Waals surface area contributed by atoms with Crippen LogP contribution in [0.5, 0.6) is 0 Å². The lowest BCUT2D eigenvalue weighted by molar-refractivity contribution is 0.255. The van der Waals surface area contributed by atoms with E-state index in [4.69, 9.17) is 16.3 Å². The van der Waals surface area contributed by atoms with E-state index in [1.807, 2.05) is 12.1 Å². The fourth-order valence-corrected chi connectivity index (χ4v) is 3.30. The van der Waals surface area contributed by atoms with Gasteiger partial charge in [0.25, 0.3) is 0 Å². The van der Waals surface area contributed by atoms with Gasteiger partial charge in [0.05, 0.1) is 6.54 Å². The third kappa shape index (κ3) is 2.71. The largest absolute Gasteiger partial charge is 0.354 e. The zero-order valence-electron chi connectivity index (χ0n) is 13.0. The lowest BCUT2D eigenvalue weighted by atomic mass is 9.91. The van der Waals surface area contributed by atoms with Crippen LogP contribution >= 0.6 is 11.6 Å². The number of hydrogen-bond donors (Lipinski definition) is 0. The standard InChI is InChI=1S/C18H13ClF2N3O/c1-11-22-10-23-24(11)9-18(14-7-6-12(20)8-16(14)21)17(25-18)13-4-2-3-5-15(13)19/h2-8,10,17H,1,9H2. The van der Waals surface area contributed by atoms with Crippen molar-refractivity contribution in [2.45, 2.75) is 18.2 Å². The molecule has 2 aromatic carbocycles. The van der Waals surface area contributed by atoms with Crippen molar-refractivity contribution >= 4 is 11.6 Å². The number of ether oxygens (including phenoxy) is 1. The number of benzene rings is 2. The molecule has 0 N–H and O–H groups in total. The van der Waals surface area contributed by atoms with E-state index in [1.165, 1.54) is 23.1 Å². The zero-order chi connectivity index (χ0) is 17.6. The second-order valence-electron chi connectivity index (χ2n) is 5.87. The number of epoxide rings is 1. The van der Waals surface area contributed by atoms with Crippen LogP contribution in [0, 0.1) is 18.6 Å². The maximum Gasteiger partial charge on any atom is 0.147 e. The van der Waals surface area contributed by atoms with Crippen LogP contribution < -0.4 is 0 Å². The number of hydrogen-bond acceptors (Lipinski definition) is 3. The molecule has 7 heteroatoms. The molecule has 1 saturated heterocycles. The average Bonchev–Trinajstić information content (AvgIpc) is 3.14. The van der Waals surface area contributed by atoms with Crippen molar-refractivity contribution in [2.75, 3.05) is 0 Å². The summed E-state index contributed by atoms with van der Waals surface area (Å²) >= 11 is 6.27. The van der Waals surface area contributed by atoms with Gasteiger partial charge in [-0.2, -0.15) is 5.10 Å². The van der Waals surface area contributed by atoms with Gasteiger partial charge in [0.2, 0.25) is 0 Å². The number of rotatable bonds is 4. The first-order valence-electron chi connectivity index (χ1n) is 7.59. The van der Waals surface area contributed by atoms with Crippen LogP contribution in [0.3, 0.4) is 0 Å². The van der Waals surface area contributed by atoms with Crippen LogP contribution in [-0.4, -0.2) is 14.8 Å². The summed E-state index contributed by atoms with van der Waals surface area (Å²) in [6, 6.07) is 10.6. The van der Waals surface area contributed by atoms with E-state index in [1.54, 1.807) is 12.1 Å². The second-order valence-corrected chi connectivity index (χ2v) is 6.27. The minimum atomic E-state index is -1.05. The summed E-state index contributed by atoms with van der Waals surface area (Å²) in [5.74, 6) is -0.902. The summed E-state index contributed by atoms with van der Waals surface area (Å²) in [5.41, 5.74) is -0.0736. The van der Waals surface area contributed by atoms with Gasteiger partial charge < -0.3 is 4.74 Å². The highest BCUT2D eigenvalue weighted by Gasteiger charge is 2.61. The molecule has 2 heterocycles. The van der Waals surface area contributed by atoms with Crippen LogP contribution in [0.2, 0.25) is 5.02 Å². The van der Waals surface area contributed by atoms with Gasteiger partial charge in [-0.05, 0) is 12.1 Å². The molecule has 25 heavy (non-hydrogen) atoms. The highest BCUT2D eigenvalue weighted by molar-refractivity contribution is 6.31. The smallest absolute Gasteiger partial charge is 0.147 e. The molecule has 2 atom stereocenters. The van der Waals surface area contributed by atoms with Gasteiger partial charge in [-0.3, -0.25) is 0 Å². The lowest BCUT2D eigenvalue weighted by Gasteiger charge is -2.16. The Morgan fingerprint density at radius 2 is 2.04 bits per heavy atom. The predicted molar refractivity (Wildman–Crippen MR) is 87.8 cm³/mol. The van der Waals surface area contributed by atoms with Gasteiger partial charge in [0.15, 0.2) is 0 Å².